The zero-order chi connectivity index (χ0) is 18.4. The van der Waals surface area contributed by atoms with E-state index in [0.717, 1.165) is 17.7 Å². The van der Waals surface area contributed by atoms with E-state index in [9.17, 15) is 4.79 Å². The molecule has 2 rings (SSSR count). The zero-order valence-corrected chi connectivity index (χ0v) is 15.6. The largest absolute Gasteiger partial charge is 0.493 e. The Balaban J connectivity index is 1.87. The van der Waals surface area contributed by atoms with E-state index >= 15 is 0 Å². The van der Waals surface area contributed by atoms with Crippen LogP contribution in [0.4, 0.5) is 0 Å². The Morgan fingerprint density at radius 2 is 1.96 bits per heavy atom. The summed E-state index contributed by atoms with van der Waals surface area (Å²) in [7, 11) is 3.29. The number of amides is 1. The fraction of sp³-hybridized carbons (Fsp3) is 0.474. The van der Waals surface area contributed by atoms with Crippen LogP contribution in [-0.2, 0) is 13.5 Å². The van der Waals surface area contributed by atoms with Gasteiger partial charge >= 0.3 is 0 Å². The highest BCUT2D eigenvalue weighted by Gasteiger charge is 2.20. The summed E-state index contributed by atoms with van der Waals surface area (Å²) in [6.07, 6.45) is 0.748. The lowest BCUT2D eigenvalue weighted by molar-refractivity contribution is 0.0950. The number of nitrogens with one attached hydrogen (secondary N) is 1. The number of carbonyl (C=O) groups excluding carboxylic acids is 1. The Morgan fingerprint density at radius 1 is 1.28 bits per heavy atom. The molecule has 0 aliphatic rings. The summed E-state index contributed by atoms with van der Waals surface area (Å²) < 4.78 is 12.5. The minimum atomic E-state index is -0.167. The summed E-state index contributed by atoms with van der Waals surface area (Å²) in [5, 5.41) is 7.15. The van der Waals surface area contributed by atoms with Crippen LogP contribution in [-0.4, -0.2) is 35.9 Å². The second-order valence-electron chi connectivity index (χ2n) is 6.45. The first-order valence-electron chi connectivity index (χ1n) is 8.50. The molecule has 0 aliphatic carbocycles. The summed E-state index contributed by atoms with van der Waals surface area (Å²) in [6.45, 7) is 7.30. The third-order valence-electron chi connectivity index (χ3n) is 3.80. The molecule has 0 saturated heterocycles. The normalized spacial score (nSPS) is 10.8. The van der Waals surface area contributed by atoms with Crippen molar-refractivity contribution >= 4 is 5.91 Å². The molecule has 0 bridgehead atoms. The number of rotatable bonds is 8. The number of methoxy groups -OCH3 is 1. The van der Waals surface area contributed by atoms with E-state index in [1.807, 2.05) is 24.3 Å². The van der Waals surface area contributed by atoms with Gasteiger partial charge in [0.15, 0.2) is 0 Å². The second-order valence-corrected chi connectivity index (χ2v) is 6.45. The van der Waals surface area contributed by atoms with E-state index in [0.29, 0.717) is 36.2 Å². The lowest BCUT2D eigenvalue weighted by atomic mass is 10.1. The molecule has 0 atom stereocenters. The maximum atomic E-state index is 12.4. The maximum Gasteiger partial charge on any atom is 0.258 e. The molecule has 1 heterocycles. The van der Waals surface area contributed by atoms with Gasteiger partial charge in [-0.3, -0.25) is 4.79 Å². The van der Waals surface area contributed by atoms with Gasteiger partial charge in [0.2, 0.25) is 5.88 Å². The molecule has 25 heavy (non-hydrogen) atoms. The molecule has 0 saturated carbocycles. The molecule has 0 fully saturated rings. The van der Waals surface area contributed by atoms with Crippen LogP contribution >= 0.6 is 0 Å². The van der Waals surface area contributed by atoms with E-state index in [1.54, 1.807) is 18.7 Å². The van der Waals surface area contributed by atoms with Crippen LogP contribution in [0, 0.1) is 12.8 Å². The van der Waals surface area contributed by atoms with Gasteiger partial charge in [-0.1, -0.05) is 26.0 Å². The SMILES string of the molecule is COc1c(C(=O)NCCc2ccc(OCC(C)C)cc2)c(C)nn1C. The molecular formula is C19H27N3O3. The van der Waals surface area contributed by atoms with Crippen LogP contribution in [0.5, 0.6) is 11.6 Å². The van der Waals surface area contributed by atoms with Crippen molar-refractivity contribution in [3.8, 4) is 11.6 Å². The monoisotopic (exact) mass is 345 g/mol. The van der Waals surface area contributed by atoms with Gasteiger partial charge in [0, 0.05) is 13.6 Å². The predicted molar refractivity (Wildman–Crippen MR) is 97.3 cm³/mol. The van der Waals surface area contributed by atoms with Crippen molar-refractivity contribution in [2.75, 3.05) is 20.3 Å². The van der Waals surface area contributed by atoms with Gasteiger partial charge < -0.3 is 14.8 Å². The summed E-state index contributed by atoms with van der Waals surface area (Å²) in [6, 6.07) is 7.98. The lowest BCUT2D eigenvalue weighted by Gasteiger charge is -2.10. The number of carbonyl (C=O) groups is 1. The topological polar surface area (TPSA) is 65.4 Å². The Kier molecular flexibility index (Phi) is 6.44. The van der Waals surface area contributed by atoms with E-state index in [2.05, 4.69) is 24.3 Å². The molecule has 1 aromatic carbocycles. The quantitative estimate of drug-likeness (QED) is 0.799. The Hall–Kier alpha value is -2.50. The van der Waals surface area contributed by atoms with Crippen LogP contribution in [0.2, 0.25) is 0 Å². The number of benzene rings is 1. The first-order chi connectivity index (χ1) is 11.9. The van der Waals surface area contributed by atoms with Gasteiger partial charge in [-0.2, -0.15) is 5.10 Å². The van der Waals surface area contributed by atoms with Crippen molar-refractivity contribution in [2.45, 2.75) is 27.2 Å². The average molecular weight is 345 g/mol. The third-order valence-corrected chi connectivity index (χ3v) is 3.80. The van der Waals surface area contributed by atoms with Crippen LogP contribution in [0.3, 0.4) is 0 Å². The van der Waals surface area contributed by atoms with Crippen molar-refractivity contribution in [3.63, 3.8) is 0 Å². The van der Waals surface area contributed by atoms with E-state index < -0.39 is 0 Å². The third kappa shape index (κ3) is 4.98. The van der Waals surface area contributed by atoms with E-state index in [1.165, 1.54) is 7.11 Å². The molecule has 136 valence electrons. The van der Waals surface area contributed by atoms with Gasteiger partial charge in [-0.05, 0) is 37.0 Å². The van der Waals surface area contributed by atoms with E-state index in [4.69, 9.17) is 9.47 Å². The Morgan fingerprint density at radius 3 is 2.56 bits per heavy atom. The minimum absolute atomic E-state index is 0.167. The van der Waals surface area contributed by atoms with Crippen molar-refractivity contribution in [1.29, 1.82) is 0 Å². The first kappa shape index (κ1) is 18.8. The number of aromatic nitrogens is 2. The molecule has 0 aliphatic heterocycles. The van der Waals surface area contributed by atoms with Crippen LogP contribution in [0.1, 0.15) is 35.5 Å². The fourth-order valence-electron chi connectivity index (χ4n) is 2.56. The van der Waals surface area contributed by atoms with Gasteiger partial charge in [-0.15, -0.1) is 0 Å². The highest BCUT2D eigenvalue weighted by Crippen LogP contribution is 2.20. The standard InChI is InChI=1S/C19H27N3O3/c1-13(2)12-25-16-8-6-15(7-9-16)10-11-20-18(23)17-14(3)21-22(4)19(17)24-5/h6-9,13H,10-12H2,1-5H3,(H,20,23). The fourth-order valence-corrected chi connectivity index (χ4v) is 2.56. The molecule has 6 nitrogen and oxygen atoms in total. The summed E-state index contributed by atoms with van der Waals surface area (Å²) in [5.74, 6) is 1.68. The van der Waals surface area contributed by atoms with Gasteiger partial charge in [0.1, 0.15) is 11.3 Å². The number of hydrogen-bond donors (Lipinski definition) is 1. The lowest BCUT2D eigenvalue weighted by Crippen LogP contribution is -2.26. The predicted octanol–water partition coefficient (Wildman–Crippen LogP) is 2.74. The molecule has 0 spiro atoms. The molecule has 6 heteroatoms. The zero-order valence-electron chi connectivity index (χ0n) is 15.6. The molecule has 1 aromatic heterocycles. The van der Waals surface area contributed by atoms with Crippen molar-refractivity contribution < 1.29 is 14.3 Å². The van der Waals surface area contributed by atoms with Crippen LogP contribution in [0.25, 0.3) is 0 Å². The maximum absolute atomic E-state index is 12.4. The highest BCUT2D eigenvalue weighted by atomic mass is 16.5. The van der Waals surface area contributed by atoms with Crippen LogP contribution < -0.4 is 14.8 Å². The number of nitrogens with zero attached hydrogens (tertiary/aromatic N) is 2. The molecule has 1 N–H and O–H groups in total. The molecule has 0 radical (unpaired) electrons. The minimum Gasteiger partial charge on any atom is -0.493 e. The van der Waals surface area contributed by atoms with Crippen molar-refractivity contribution in [1.82, 2.24) is 15.1 Å². The molecule has 0 unspecified atom stereocenters. The van der Waals surface area contributed by atoms with Gasteiger partial charge in [0.25, 0.3) is 5.91 Å². The number of ether oxygens (including phenoxy) is 2. The highest BCUT2D eigenvalue weighted by molar-refractivity contribution is 5.97. The second kappa shape index (κ2) is 8.55. The van der Waals surface area contributed by atoms with Crippen molar-refractivity contribution in [3.05, 3.63) is 41.1 Å². The Labute approximate surface area is 149 Å². The number of hydrogen-bond acceptors (Lipinski definition) is 4. The van der Waals surface area contributed by atoms with Gasteiger partial charge in [0.05, 0.1) is 19.4 Å². The van der Waals surface area contributed by atoms with Crippen LogP contribution in [0.15, 0.2) is 24.3 Å². The number of aryl methyl sites for hydroxylation is 2. The molecule has 2 aromatic rings. The van der Waals surface area contributed by atoms with Gasteiger partial charge in [-0.25, -0.2) is 4.68 Å². The molecule has 1 amide bonds. The smallest absolute Gasteiger partial charge is 0.258 e. The molecular weight excluding hydrogens is 318 g/mol. The average Bonchev–Trinajstić information content (AvgIpc) is 2.87. The first-order valence-corrected chi connectivity index (χ1v) is 8.50. The summed E-state index contributed by atoms with van der Waals surface area (Å²) in [5.41, 5.74) is 2.29. The Bertz CT molecular complexity index is 705. The van der Waals surface area contributed by atoms with E-state index in [-0.39, 0.29) is 5.91 Å². The summed E-state index contributed by atoms with van der Waals surface area (Å²) >= 11 is 0. The van der Waals surface area contributed by atoms with Crippen molar-refractivity contribution in [2.24, 2.45) is 13.0 Å². The summed E-state index contributed by atoms with van der Waals surface area (Å²) in [4.78, 5) is 12.4.